The fourth-order valence-corrected chi connectivity index (χ4v) is 2.34. The van der Waals surface area contributed by atoms with E-state index in [0.29, 0.717) is 6.42 Å². The molecule has 88 valence electrons. The zero-order chi connectivity index (χ0) is 10.4. The highest BCUT2D eigenvalue weighted by Gasteiger charge is 2.43. The maximum Gasteiger partial charge on any atom is 0.224 e. The van der Waals surface area contributed by atoms with Crippen LogP contribution in [0.1, 0.15) is 46.0 Å². The second-order valence-corrected chi connectivity index (χ2v) is 5.50. The molecular weight excluding hydrogens is 212 g/mol. The van der Waals surface area contributed by atoms with E-state index in [1.807, 2.05) is 4.90 Å². The molecular formula is C11H21ClN2O. The monoisotopic (exact) mass is 232 g/mol. The summed E-state index contributed by atoms with van der Waals surface area (Å²) in [6.07, 6.45) is 4.90. The van der Waals surface area contributed by atoms with Crippen LogP contribution in [0.3, 0.4) is 0 Å². The van der Waals surface area contributed by atoms with E-state index < -0.39 is 0 Å². The van der Waals surface area contributed by atoms with E-state index in [2.05, 4.69) is 13.8 Å². The molecule has 2 rings (SSSR count). The van der Waals surface area contributed by atoms with Crippen LogP contribution in [0.25, 0.3) is 0 Å². The zero-order valence-corrected chi connectivity index (χ0v) is 10.4. The summed E-state index contributed by atoms with van der Waals surface area (Å²) in [5, 5.41) is 0. The van der Waals surface area contributed by atoms with Crippen LogP contribution in [0.2, 0.25) is 0 Å². The first-order chi connectivity index (χ1) is 6.43. The quantitative estimate of drug-likeness (QED) is 0.788. The van der Waals surface area contributed by atoms with Crippen LogP contribution in [-0.2, 0) is 4.79 Å². The minimum absolute atomic E-state index is 0. The third-order valence-electron chi connectivity index (χ3n) is 3.83. The van der Waals surface area contributed by atoms with Crippen molar-refractivity contribution in [3.05, 3.63) is 0 Å². The van der Waals surface area contributed by atoms with Gasteiger partial charge < -0.3 is 10.6 Å². The number of carbonyl (C=O) groups is 1. The first kappa shape index (κ1) is 12.8. The highest BCUT2D eigenvalue weighted by Crippen LogP contribution is 2.36. The second-order valence-electron chi connectivity index (χ2n) is 5.50. The maximum absolute atomic E-state index is 11.9. The number of nitrogens with two attached hydrogens (primary N) is 1. The lowest BCUT2D eigenvalue weighted by Gasteiger charge is -2.50. The maximum atomic E-state index is 11.9. The van der Waals surface area contributed by atoms with Gasteiger partial charge in [0, 0.05) is 24.0 Å². The topological polar surface area (TPSA) is 46.3 Å². The number of amides is 1. The van der Waals surface area contributed by atoms with Crippen molar-refractivity contribution in [2.45, 2.75) is 57.0 Å². The fraction of sp³-hybridized carbons (Fsp3) is 0.909. The summed E-state index contributed by atoms with van der Waals surface area (Å²) < 4.78 is 0. The molecule has 1 aliphatic heterocycles. The van der Waals surface area contributed by atoms with Gasteiger partial charge in [-0.15, -0.1) is 12.4 Å². The fourth-order valence-electron chi connectivity index (χ4n) is 2.34. The Morgan fingerprint density at radius 1 is 1.33 bits per heavy atom. The van der Waals surface area contributed by atoms with Crippen LogP contribution in [0, 0.1) is 0 Å². The van der Waals surface area contributed by atoms with Gasteiger partial charge >= 0.3 is 0 Å². The minimum Gasteiger partial charge on any atom is -0.337 e. The van der Waals surface area contributed by atoms with E-state index in [-0.39, 0.29) is 29.4 Å². The molecule has 0 aromatic carbocycles. The third kappa shape index (κ3) is 2.28. The van der Waals surface area contributed by atoms with Gasteiger partial charge in [0.05, 0.1) is 0 Å². The number of halogens is 1. The van der Waals surface area contributed by atoms with E-state index >= 15 is 0 Å². The molecule has 15 heavy (non-hydrogen) atoms. The van der Waals surface area contributed by atoms with Gasteiger partial charge in [0.15, 0.2) is 0 Å². The molecule has 2 N–H and O–H groups in total. The molecule has 1 aliphatic carbocycles. The predicted molar refractivity (Wildman–Crippen MR) is 63.0 cm³/mol. The smallest absolute Gasteiger partial charge is 0.224 e. The van der Waals surface area contributed by atoms with Crippen LogP contribution in [0.4, 0.5) is 0 Å². The van der Waals surface area contributed by atoms with E-state index in [1.54, 1.807) is 0 Å². The lowest BCUT2D eigenvalue weighted by Crippen LogP contribution is -2.61. The predicted octanol–water partition coefficient (Wildman–Crippen LogP) is 1.69. The second kappa shape index (κ2) is 3.95. The molecule has 0 unspecified atom stereocenters. The van der Waals surface area contributed by atoms with Gasteiger partial charge in [-0.25, -0.2) is 0 Å². The molecule has 1 amide bonds. The number of hydrogen-bond acceptors (Lipinski definition) is 2. The van der Waals surface area contributed by atoms with Gasteiger partial charge in [-0.3, -0.25) is 4.79 Å². The molecule has 0 aromatic heterocycles. The lowest BCUT2D eigenvalue weighted by atomic mass is 9.74. The Hall–Kier alpha value is -0.280. The Morgan fingerprint density at radius 3 is 2.20 bits per heavy atom. The molecule has 3 nitrogen and oxygen atoms in total. The van der Waals surface area contributed by atoms with E-state index in [0.717, 1.165) is 25.8 Å². The van der Waals surface area contributed by atoms with Crippen LogP contribution < -0.4 is 5.73 Å². The number of nitrogens with zero attached hydrogens (tertiary/aromatic N) is 1. The van der Waals surface area contributed by atoms with Gasteiger partial charge in [0.1, 0.15) is 0 Å². The molecule has 4 heteroatoms. The summed E-state index contributed by atoms with van der Waals surface area (Å²) in [7, 11) is 0. The SMILES string of the molecule is CC1(C)CCN1C(=O)CC1(N)CCC1.Cl. The molecule has 0 aromatic rings. The Bertz CT molecular complexity index is 261. The van der Waals surface area contributed by atoms with Crippen LogP contribution in [0.15, 0.2) is 0 Å². The molecule has 2 fully saturated rings. The van der Waals surface area contributed by atoms with E-state index in [9.17, 15) is 4.79 Å². The molecule has 0 atom stereocenters. The Morgan fingerprint density at radius 2 is 1.93 bits per heavy atom. The van der Waals surface area contributed by atoms with Gasteiger partial charge in [0.25, 0.3) is 0 Å². The molecule has 2 aliphatic rings. The van der Waals surface area contributed by atoms with Crippen LogP contribution in [-0.4, -0.2) is 28.4 Å². The third-order valence-corrected chi connectivity index (χ3v) is 3.83. The largest absolute Gasteiger partial charge is 0.337 e. The van der Waals surface area contributed by atoms with Crippen LogP contribution >= 0.6 is 12.4 Å². The van der Waals surface area contributed by atoms with Crippen molar-refractivity contribution >= 4 is 18.3 Å². The average Bonchev–Trinajstić information content (AvgIpc) is 1.99. The first-order valence-electron chi connectivity index (χ1n) is 5.52. The van der Waals surface area contributed by atoms with Gasteiger partial charge in [0.2, 0.25) is 5.91 Å². The summed E-state index contributed by atoms with van der Waals surface area (Å²) in [5.74, 6) is 0.253. The van der Waals surface area contributed by atoms with Crippen LogP contribution in [0.5, 0.6) is 0 Å². The molecule has 0 radical (unpaired) electrons. The average molecular weight is 233 g/mol. The summed E-state index contributed by atoms with van der Waals surface area (Å²) in [6, 6.07) is 0. The first-order valence-corrected chi connectivity index (χ1v) is 5.52. The van der Waals surface area contributed by atoms with Crippen molar-refractivity contribution in [2.24, 2.45) is 5.73 Å². The Kier molecular flexibility index (Phi) is 3.36. The summed E-state index contributed by atoms with van der Waals surface area (Å²) >= 11 is 0. The van der Waals surface area contributed by atoms with Crippen molar-refractivity contribution in [1.29, 1.82) is 0 Å². The van der Waals surface area contributed by atoms with Gasteiger partial charge in [-0.05, 0) is 39.5 Å². The van der Waals surface area contributed by atoms with Crippen molar-refractivity contribution < 1.29 is 4.79 Å². The van der Waals surface area contributed by atoms with Gasteiger partial charge in [-0.2, -0.15) is 0 Å². The standard InChI is InChI=1S/C11H20N2O.ClH/c1-10(2)6-7-13(10)9(14)8-11(12)4-3-5-11;/h3-8,12H2,1-2H3;1H. The molecule has 0 spiro atoms. The number of rotatable bonds is 2. The van der Waals surface area contributed by atoms with E-state index in [4.69, 9.17) is 5.73 Å². The molecule has 1 saturated heterocycles. The number of hydrogen-bond donors (Lipinski definition) is 1. The van der Waals surface area contributed by atoms with Crippen molar-refractivity contribution in [1.82, 2.24) is 4.90 Å². The lowest BCUT2D eigenvalue weighted by molar-refractivity contribution is -0.146. The molecule has 1 saturated carbocycles. The van der Waals surface area contributed by atoms with Crippen molar-refractivity contribution in [2.75, 3.05) is 6.54 Å². The zero-order valence-electron chi connectivity index (χ0n) is 9.58. The summed E-state index contributed by atoms with van der Waals surface area (Å²) in [4.78, 5) is 13.9. The van der Waals surface area contributed by atoms with E-state index in [1.165, 1.54) is 6.42 Å². The normalized spacial score (nSPS) is 25.9. The number of likely N-dealkylation sites (tertiary alicyclic amines) is 1. The highest BCUT2D eigenvalue weighted by molar-refractivity contribution is 5.85. The van der Waals surface area contributed by atoms with Crippen molar-refractivity contribution in [3.8, 4) is 0 Å². The van der Waals surface area contributed by atoms with Gasteiger partial charge in [-0.1, -0.05) is 0 Å². The summed E-state index contributed by atoms with van der Waals surface area (Å²) in [5.41, 5.74) is 5.98. The Labute approximate surface area is 97.8 Å². The Balaban J connectivity index is 0.00000112. The molecule has 1 heterocycles. The van der Waals surface area contributed by atoms with Crippen molar-refractivity contribution in [3.63, 3.8) is 0 Å². The minimum atomic E-state index is -0.164. The summed E-state index contributed by atoms with van der Waals surface area (Å²) in [6.45, 7) is 5.17. The number of carbonyl (C=O) groups excluding carboxylic acids is 1. The highest BCUT2D eigenvalue weighted by atomic mass is 35.5. The molecule has 0 bridgehead atoms.